The summed E-state index contributed by atoms with van der Waals surface area (Å²) in [5, 5.41) is 12.6. The number of methoxy groups -OCH3 is 1. The Labute approximate surface area is 142 Å². The van der Waals surface area contributed by atoms with E-state index >= 15 is 0 Å². The summed E-state index contributed by atoms with van der Waals surface area (Å²) in [6, 6.07) is 14.2. The molecule has 0 spiro atoms. The van der Waals surface area contributed by atoms with E-state index in [1.165, 1.54) is 18.4 Å². The van der Waals surface area contributed by atoms with Crippen LogP contribution in [-0.2, 0) is 0 Å². The molecule has 0 bridgehead atoms. The van der Waals surface area contributed by atoms with E-state index in [-0.39, 0.29) is 6.04 Å². The van der Waals surface area contributed by atoms with Crippen molar-refractivity contribution in [2.45, 2.75) is 18.9 Å². The molecule has 0 unspecified atom stereocenters. The molecule has 2 heterocycles. The highest BCUT2D eigenvalue weighted by Gasteiger charge is 2.24. The normalized spacial score (nSPS) is 15.7. The molecule has 0 saturated carbocycles. The highest BCUT2D eigenvalue weighted by atomic mass is 16.5. The summed E-state index contributed by atoms with van der Waals surface area (Å²) in [5.74, 6) is 1.51. The van der Waals surface area contributed by atoms with Gasteiger partial charge in [0.15, 0.2) is 0 Å². The van der Waals surface area contributed by atoms with Crippen molar-refractivity contribution in [2.75, 3.05) is 32.1 Å². The van der Waals surface area contributed by atoms with Crippen LogP contribution in [-0.4, -0.2) is 36.6 Å². The van der Waals surface area contributed by atoms with Gasteiger partial charge in [-0.1, -0.05) is 12.1 Å². The first-order valence-electron chi connectivity index (χ1n) is 8.29. The smallest absolute Gasteiger partial charge is 0.143 e. The predicted molar refractivity (Wildman–Crippen MR) is 94.0 cm³/mol. The van der Waals surface area contributed by atoms with Crippen LogP contribution in [0.5, 0.6) is 5.75 Å². The average molecular weight is 322 g/mol. The lowest BCUT2D eigenvalue weighted by Crippen LogP contribution is -2.31. The van der Waals surface area contributed by atoms with Gasteiger partial charge in [0.25, 0.3) is 0 Å². The van der Waals surface area contributed by atoms with Crippen LogP contribution in [0.25, 0.3) is 0 Å². The fourth-order valence-electron chi connectivity index (χ4n) is 3.19. The van der Waals surface area contributed by atoms with Gasteiger partial charge in [-0.05, 0) is 55.8 Å². The zero-order valence-electron chi connectivity index (χ0n) is 13.9. The summed E-state index contributed by atoms with van der Waals surface area (Å²) in [6.45, 7) is 2.90. The first kappa shape index (κ1) is 16.3. The minimum absolute atomic E-state index is 0.233. The minimum atomic E-state index is 0.233. The molecule has 5 nitrogen and oxygen atoms in total. The summed E-state index contributed by atoms with van der Waals surface area (Å²) >= 11 is 0. The average Bonchev–Trinajstić information content (AvgIpc) is 3.17. The summed E-state index contributed by atoms with van der Waals surface area (Å²) in [5.41, 5.74) is 1.79. The first-order valence-corrected chi connectivity index (χ1v) is 8.29. The number of ether oxygens (including phenoxy) is 1. The Morgan fingerprint density at radius 1 is 1.29 bits per heavy atom. The second-order valence-electron chi connectivity index (χ2n) is 5.93. The Bertz CT molecular complexity index is 719. The molecule has 5 heteroatoms. The molecule has 3 rings (SSSR count). The summed E-state index contributed by atoms with van der Waals surface area (Å²) in [6.07, 6.45) is 4.17. The molecule has 1 aliphatic rings. The van der Waals surface area contributed by atoms with Crippen LogP contribution >= 0.6 is 0 Å². The maximum atomic E-state index is 9.22. The molecule has 1 N–H and O–H groups in total. The molecule has 0 amide bonds. The summed E-state index contributed by atoms with van der Waals surface area (Å²) < 4.78 is 5.37. The van der Waals surface area contributed by atoms with Gasteiger partial charge in [-0.15, -0.1) is 0 Å². The number of nitrogens with zero attached hydrogens (tertiary/aromatic N) is 3. The molecular weight excluding hydrogens is 300 g/mol. The number of benzene rings is 1. The van der Waals surface area contributed by atoms with E-state index in [0.717, 1.165) is 18.8 Å². The number of likely N-dealkylation sites (tertiary alicyclic amines) is 1. The number of rotatable bonds is 6. The molecule has 2 aromatic rings. The standard InChI is InChI=1S/C19H22N4O/c1-24-17-8-4-6-15(12-17)18(23-10-2-3-11-23)14-22-19-16(13-20)7-5-9-21-19/h4-9,12,18H,2-3,10-11,14H2,1H3,(H,21,22)/t18-/m1/s1. The van der Waals surface area contributed by atoms with Crippen molar-refractivity contribution < 1.29 is 4.74 Å². The Kier molecular flexibility index (Phi) is 5.29. The largest absolute Gasteiger partial charge is 0.497 e. The van der Waals surface area contributed by atoms with Crippen molar-refractivity contribution in [1.29, 1.82) is 5.26 Å². The number of hydrogen-bond acceptors (Lipinski definition) is 5. The molecule has 0 aliphatic carbocycles. The molecule has 24 heavy (non-hydrogen) atoms. The fourth-order valence-corrected chi connectivity index (χ4v) is 3.19. The van der Waals surface area contributed by atoms with Crippen molar-refractivity contribution in [3.8, 4) is 11.8 Å². The van der Waals surface area contributed by atoms with Crippen LogP contribution in [0.15, 0.2) is 42.6 Å². The molecule has 1 fully saturated rings. The van der Waals surface area contributed by atoms with Crippen molar-refractivity contribution in [3.63, 3.8) is 0 Å². The molecule has 1 aromatic carbocycles. The Hall–Kier alpha value is -2.58. The Balaban J connectivity index is 1.81. The molecule has 1 aliphatic heterocycles. The van der Waals surface area contributed by atoms with E-state index in [1.54, 1.807) is 25.4 Å². The number of aromatic nitrogens is 1. The quantitative estimate of drug-likeness (QED) is 0.885. The van der Waals surface area contributed by atoms with E-state index in [0.29, 0.717) is 17.9 Å². The second kappa shape index (κ2) is 7.80. The molecule has 124 valence electrons. The maximum absolute atomic E-state index is 9.22. The van der Waals surface area contributed by atoms with E-state index in [9.17, 15) is 5.26 Å². The Morgan fingerprint density at radius 3 is 2.88 bits per heavy atom. The van der Waals surface area contributed by atoms with E-state index in [4.69, 9.17) is 4.74 Å². The first-order chi connectivity index (χ1) is 11.8. The van der Waals surface area contributed by atoms with Crippen molar-refractivity contribution in [1.82, 2.24) is 9.88 Å². The molecule has 1 aromatic heterocycles. The molecule has 1 atom stereocenters. The van der Waals surface area contributed by atoms with Gasteiger partial charge in [0.05, 0.1) is 18.7 Å². The van der Waals surface area contributed by atoms with Crippen molar-refractivity contribution in [3.05, 3.63) is 53.7 Å². The number of hydrogen-bond donors (Lipinski definition) is 1. The lowest BCUT2D eigenvalue weighted by molar-refractivity contribution is 0.255. The lowest BCUT2D eigenvalue weighted by atomic mass is 10.0. The van der Waals surface area contributed by atoms with Crippen LogP contribution in [0.1, 0.15) is 30.0 Å². The van der Waals surface area contributed by atoms with E-state index in [2.05, 4.69) is 33.4 Å². The number of pyridine rings is 1. The number of anilines is 1. The van der Waals surface area contributed by atoms with Crippen molar-refractivity contribution >= 4 is 5.82 Å². The van der Waals surface area contributed by atoms with Crippen LogP contribution in [0, 0.1) is 11.3 Å². The van der Waals surface area contributed by atoms with Crippen LogP contribution in [0.3, 0.4) is 0 Å². The molecule has 0 radical (unpaired) electrons. The highest BCUT2D eigenvalue weighted by Crippen LogP contribution is 2.28. The highest BCUT2D eigenvalue weighted by molar-refractivity contribution is 5.51. The van der Waals surface area contributed by atoms with Gasteiger partial charge >= 0.3 is 0 Å². The molecule has 1 saturated heterocycles. The number of nitriles is 1. The summed E-state index contributed by atoms with van der Waals surface area (Å²) in [7, 11) is 1.69. The van der Waals surface area contributed by atoms with Gasteiger partial charge in [-0.25, -0.2) is 4.98 Å². The van der Waals surface area contributed by atoms with Gasteiger partial charge < -0.3 is 10.1 Å². The third-order valence-corrected chi connectivity index (χ3v) is 4.45. The van der Waals surface area contributed by atoms with Gasteiger partial charge in [0, 0.05) is 12.7 Å². The third kappa shape index (κ3) is 3.66. The zero-order chi connectivity index (χ0) is 16.8. The molecular formula is C19H22N4O. The lowest BCUT2D eigenvalue weighted by Gasteiger charge is -2.28. The number of nitrogens with one attached hydrogen (secondary N) is 1. The van der Waals surface area contributed by atoms with Gasteiger partial charge in [-0.3, -0.25) is 4.90 Å². The third-order valence-electron chi connectivity index (χ3n) is 4.45. The van der Waals surface area contributed by atoms with Gasteiger partial charge in [0.1, 0.15) is 17.6 Å². The van der Waals surface area contributed by atoms with Crippen LogP contribution in [0.2, 0.25) is 0 Å². The Morgan fingerprint density at radius 2 is 2.12 bits per heavy atom. The van der Waals surface area contributed by atoms with Crippen molar-refractivity contribution in [2.24, 2.45) is 0 Å². The summed E-state index contributed by atoms with van der Waals surface area (Å²) in [4.78, 5) is 6.78. The van der Waals surface area contributed by atoms with E-state index in [1.807, 2.05) is 12.1 Å². The monoisotopic (exact) mass is 322 g/mol. The van der Waals surface area contributed by atoms with Gasteiger partial charge in [-0.2, -0.15) is 5.26 Å². The zero-order valence-corrected chi connectivity index (χ0v) is 13.9. The minimum Gasteiger partial charge on any atom is -0.497 e. The van der Waals surface area contributed by atoms with Gasteiger partial charge in [0.2, 0.25) is 0 Å². The SMILES string of the molecule is COc1cccc([C@@H](CNc2ncccc2C#N)N2CCCC2)c1. The topological polar surface area (TPSA) is 61.2 Å². The second-order valence-corrected chi connectivity index (χ2v) is 5.93. The fraction of sp³-hybridized carbons (Fsp3) is 0.368. The predicted octanol–water partition coefficient (Wildman–Crippen LogP) is 3.21. The maximum Gasteiger partial charge on any atom is 0.143 e. The van der Waals surface area contributed by atoms with Crippen LogP contribution < -0.4 is 10.1 Å². The van der Waals surface area contributed by atoms with E-state index < -0.39 is 0 Å². The van der Waals surface area contributed by atoms with Crippen LogP contribution in [0.4, 0.5) is 5.82 Å².